The van der Waals surface area contributed by atoms with E-state index >= 15 is 0 Å². The number of nitriles is 1. The third-order valence-electron chi connectivity index (χ3n) is 4.88. The van der Waals surface area contributed by atoms with E-state index in [2.05, 4.69) is 4.90 Å². The lowest BCUT2D eigenvalue weighted by Crippen LogP contribution is -2.39. The molecule has 0 bridgehead atoms. The van der Waals surface area contributed by atoms with E-state index in [1.165, 1.54) is 6.07 Å². The summed E-state index contributed by atoms with van der Waals surface area (Å²) in [5.74, 6) is -0.478. The van der Waals surface area contributed by atoms with Crippen LogP contribution >= 0.6 is 0 Å². The van der Waals surface area contributed by atoms with Gasteiger partial charge < -0.3 is 15.4 Å². The quantitative estimate of drug-likeness (QED) is 0.924. The summed E-state index contributed by atoms with van der Waals surface area (Å²) in [7, 11) is 0. The predicted molar refractivity (Wildman–Crippen MR) is 83.1 cm³/mol. The Labute approximate surface area is 134 Å². The number of hydrogen-bond donors (Lipinski definition) is 1. The number of amides is 1. The Bertz CT molecular complexity index is 635. The molecule has 2 N–H and O–H groups in total. The van der Waals surface area contributed by atoms with Crippen LogP contribution in [0.3, 0.4) is 0 Å². The number of anilines is 1. The maximum atomic E-state index is 13.7. The molecule has 0 saturated carbocycles. The van der Waals surface area contributed by atoms with Gasteiger partial charge in [0.15, 0.2) is 0 Å². The molecule has 2 fully saturated rings. The van der Waals surface area contributed by atoms with Crippen LogP contribution in [0.4, 0.5) is 10.1 Å². The molecule has 23 heavy (non-hydrogen) atoms. The smallest absolute Gasteiger partial charge is 0.246 e. The molecule has 122 valence electrons. The minimum absolute atomic E-state index is 0.0811. The van der Waals surface area contributed by atoms with Crippen LogP contribution in [0.2, 0.25) is 0 Å². The molecule has 6 heteroatoms. The number of nitrogens with zero attached hydrogens (tertiary/aromatic N) is 2. The number of benzene rings is 1. The molecule has 1 aromatic rings. The summed E-state index contributed by atoms with van der Waals surface area (Å²) in [6.45, 7) is 1.51. The normalized spacial score (nSPS) is 25.3. The topological polar surface area (TPSA) is 79.4 Å². The highest BCUT2D eigenvalue weighted by atomic mass is 19.1. The summed E-state index contributed by atoms with van der Waals surface area (Å²) in [6, 6.07) is 6.69. The Hall–Kier alpha value is -2.13. The van der Waals surface area contributed by atoms with E-state index in [4.69, 9.17) is 15.7 Å². The Morgan fingerprint density at radius 3 is 2.65 bits per heavy atom. The van der Waals surface area contributed by atoms with Crippen LogP contribution in [-0.4, -0.2) is 31.2 Å². The zero-order chi connectivity index (χ0) is 16.4. The zero-order valence-corrected chi connectivity index (χ0v) is 12.9. The minimum Gasteiger partial charge on any atom is -0.370 e. The van der Waals surface area contributed by atoms with Gasteiger partial charge in [0.25, 0.3) is 0 Å². The van der Waals surface area contributed by atoms with Crippen LogP contribution in [0.15, 0.2) is 18.2 Å². The fourth-order valence-corrected chi connectivity index (χ4v) is 3.62. The molecule has 0 radical (unpaired) electrons. The monoisotopic (exact) mass is 317 g/mol. The van der Waals surface area contributed by atoms with Crippen molar-refractivity contribution < 1.29 is 13.9 Å². The Balaban J connectivity index is 1.63. The minimum atomic E-state index is -0.476. The predicted octanol–water partition coefficient (Wildman–Crippen LogP) is 1.95. The lowest BCUT2D eigenvalue weighted by molar-refractivity contribution is -0.130. The number of rotatable bonds is 3. The van der Waals surface area contributed by atoms with Crippen LogP contribution in [0.1, 0.15) is 31.2 Å². The van der Waals surface area contributed by atoms with Crippen molar-refractivity contribution in [3.8, 4) is 6.07 Å². The summed E-state index contributed by atoms with van der Waals surface area (Å²) in [4.78, 5) is 13.2. The highest BCUT2D eigenvalue weighted by Gasteiger charge is 2.36. The van der Waals surface area contributed by atoms with Gasteiger partial charge in [-0.05, 0) is 43.7 Å². The first kappa shape index (κ1) is 15.8. The number of piperidine rings is 1. The highest BCUT2D eigenvalue weighted by Crippen LogP contribution is 2.34. The molecular weight excluding hydrogens is 297 g/mol. The molecule has 3 rings (SSSR count). The third kappa shape index (κ3) is 3.15. The van der Waals surface area contributed by atoms with Crippen LogP contribution in [0.25, 0.3) is 0 Å². The molecule has 0 aromatic heterocycles. The van der Waals surface area contributed by atoms with E-state index in [1.807, 2.05) is 6.07 Å². The second-order valence-electron chi connectivity index (χ2n) is 6.21. The van der Waals surface area contributed by atoms with Gasteiger partial charge in [-0.3, -0.25) is 4.79 Å². The Kier molecular flexibility index (Phi) is 4.49. The zero-order valence-electron chi connectivity index (χ0n) is 12.9. The van der Waals surface area contributed by atoms with Crippen molar-refractivity contribution in [2.45, 2.75) is 37.9 Å². The van der Waals surface area contributed by atoms with Crippen LogP contribution in [-0.2, 0) is 9.53 Å². The second-order valence-corrected chi connectivity index (χ2v) is 6.21. The van der Waals surface area contributed by atoms with Gasteiger partial charge in [-0.15, -0.1) is 0 Å². The van der Waals surface area contributed by atoms with Crippen molar-refractivity contribution in [3.63, 3.8) is 0 Å². The molecule has 2 aliphatic rings. The average Bonchev–Trinajstić information content (AvgIpc) is 3.05. The maximum absolute atomic E-state index is 13.7. The maximum Gasteiger partial charge on any atom is 0.246 e. The highest BCUT2D eigenvalue weighted by molar-refractivity contribution is 5.79. The lowest BCUT2D eigenvalue weighted by Gasteiger charge is -2.36. The number of ether oxygens (including phenoxy) is 1. The summed E-state index contributed by atoms with van der Waals surface area (Å²) in [5.41, 5.74) is 6.06. The molecule has 1 aromatic carbocycles. The van der Waals surface area contributed by atoms with Gasteiger partial charge in [0.05, 0.1) is 11.8 Å². The largest absolute Gasteiger partial charge is 0.370 e. The molecule has 0 unspecified atom stereocenters. The number of halogens is 1. The van der Waals surface area contributed by atoms with Gasteiger partial charge in [0, 0.05) is 13.1 Å². The van der Waals surface area contributed by atoms with Gasteiger partial charge in [-0.2, -0.15) is 5.26 Å². The molecule has 0 spiro atoms. The van der Waals surface area contributed by atoms with Crippen LogP contribution < -0.4 is 10.6 Å². The van der Waals surface area contributed by atoms with E-state index < -0.39 is 11.9 Å². The first-order valence-corrected chi connectivity index (χ1v) is 7.98. The van der Waals surface area contributed by atoms with E-state index in [9.17, 15) is 9.18 Å². The molecule has 0 aliphatic carbocycles. The van der Waals surface area contributed by atoms with E-state index in [0.29, 0.717) is 18.0 Å². The number of carbonyl (C=O) groups excluding carboxylic acids is 1. The fraction of sp³-hybridized carbons (Fsp3) is 0.529. The van der Waals surface area contributed by atoms with Crippen molar-refractivity contribution >= 4 is 11.6 Å². The second kappa shape index (κ2) is 6.55. The number of nitrogens with two attached hydrogens (primary N) is 1. The van der Waals surface area contributed by atoms with Crippen molar-refractivity contribution in [1.29, 1.82) is 5.26 Å². The van der Waals surface area contributed by atoms with Crippen molar-refractivity contribution in [2.24, 2.45) is 11.7 Å². The molecule has 2 heterocycles. The third-order valence-corrected chi connectivity index (χ3v) is 4.88. The van der Waals surface area contributed by atoms with E-state index in [-0.39, 0.29) is 17.6 Å². The first-order valence-electron chi connectivity index (χ1n) is 7.98. The number of hydrogen-bond acceptors (Lipinski definition) is 4. The molecular formula is C17H20FN3O2. The number of primary amides is 1. The van der Waals surface area contributed by atoms with E-state index in [1.54, 1.807) is 12.1 Å². The molecule has 1 amide bonds. The molecule has 2 saturated heterocycles. The van der Waals surface area contributed by atoms with Crippen molar-refractivity contribution in [1.82, 2.24) is 0 Å². The van der Waals surface area contributed by atoms with Gasteiger partial charge in [0.1, 0.15) is 23.6 Å². The molecule has 5 nitrogen and oxygen atoms in total. The lowest BCUT2D eigenvalue weighted by atomic mass is 9.89. The molecule has 2 atom stereocenters. The summed E-state index contributed by atoms with van der Waals surface area (Å²) < 4.78 is 19.5. The summed E-state index contributed by atoms with van der Waals surface area (Å²) in [6.07, 6.45) is 2.99. The van der Waals surface area contributed by atoms with Crippen molar-refractivity contribution in [3.05, 3.63) is 29.6 Å². The fourth-order valence-electron chi connectivity index (χ4n) is 3.62. The van der Waals surface area contributed by atoms with Crippen molar-refractivity contribution in [2.75, 3.05) is 18.0 Å². The standard InChI is InChI=1S/C17H20FN3O2/c18-13-2-1-3-14(12(13)10-19)21-8-6-11(7-9-21)15-4-5-16(23-15)17(20)22/h1-3,11,15-16H,4-9H2,(H2,20,22)/t15-,16+/m0/s1. The SMILES string of the molecule is N#Cc1c(F)cccc1N1CCC([C@@H]2CC[C@H](C(N)=O)O2)CC1. The van der Waals surface area contributed by atoms with Gasteiger partial charge >= 0.3 is 0 Å². The first-order chi connectivity index (χ1) is 11.1. The average molecular weight is 317 g/mol. The summed E-state index contributed by atoms with van der Waals surface area (Å²) in [5, 5.41) is 9.16. The summed E-state index contributed by atoms with van der Waals surface area (Å²) >= 11 is 0. The van der Waals surface area contributed by atoms with E-state index in [0.717, 1.165) is 32.4 Å². The Morgan fingerprint density at radius 1 is 1.30 bits per heavy atom. The van der Waals surface area contributed by atoms with Gasteiger partial charge in [-0.25, -0.2) is 4.39 Å². The van der Waals surface area contributed by atoms with Crippen LogP contribution in [0.5, 0.6) is 0 Å². The molecule has 2 aliphatic heterocycles. The van der Waals surface area contributed by atoms with Gasteiger partial charge in [-0.1, -0.05) is 6.07 Å². The number of carbonyl (C=O) groups is 1. The Morgan fingerprint density at radius 2 is 2.04 bits per heavy atom. The van der Waals surface area contributed by atoms with Crippen LogP contribution in [0, 0.1) is 23.1 Å². The van der Waals surface area contributed by atoms with Gasteiger partial charge in [0.2, 0.25) is 5.91 Å².